The van der Waals surface area contributed by atoms with Crippen molar-refractivity contribution in [1.82, 2.24) is 19.9 Å². The van der Waals surface area contributed by atoms with Crippen LogP contribution in [0.2, 0.25) is 0 Å². The molecule has 1 aliphatic rings. The summed E-state index contributed by atoms with van der Waals surface area (Å²) in [7, 11) is 0. The number of aromatic nitrogens is 3. The van der Waals surface area contributed by atoms with Crippen molar-refractivity contribution in [3.63, 3.8) is 0 Å². The fourth-order valence-electron chi connectivity index (χ4n) is 3.72. The normalized spacial score (nSPS) is 20.1. The molecule has 3 N–H and O–H groups in total. The smallest absolute Gasteiger partial charge is 0.256 e. The molecule has 0 saturated heterocycles. The van der Waals surface area contributed by atoms with E-state index < -0.39 is 17.7 Å². The highest BCUT2D eigenvalue weighted by molar-refractivity contribution is 5.99. The van der Waals surface area contributed by atoms with Gasteiger partial charge in [-0.05, 0) is 56.4 Å². The SMILES string of the molecule is C[C@@H](Nc1ccn2ncc(C(=O)N[C@H]3CC[C@H](O)CC3)c2n1)c1cc(F)cc(F)c1. The molecule has 1 saturated carbocycles. The van der Waals surface area contributed by atoms with Crippen LogP contribution in [0.3, 0.4) is 0 Å². The minimum Gasteiger partial charge on any atom is -0.393 e. The zero-order valence-electron chi connectivity index (χ0n) is 16.5. The predicted molar refractivity (Wildman–Crippen MR) is 107 cm³/mol. The van der Waals surface area contributed by atoms with Gasteiger partial charge < -0.3 is 15.7 Å². The number of carbonyl (C=O) groups is 1. The molecule has 4 rings (SSSR count). The summed E-state index contributed by atoms with van der Waals surface area (Å²) in [5, 5.41) is 19.9. The highest BCUT2D eigenvalue weighted by Gasteiger charge is 2.23. The fourth-order valence-corrected chi connectivity index (χ4v) is 3.72. The van der Waals surface area contributed by atoms with E-state index in [9.17, 15) is 18.7 Å². The van der Waals surface area contributed by atoms with Crippen LogP contribution in [0.4, 0.5) is 14.6 Å². The van der Waals surface area contributed by atoms with Crippen LogP contribution in [0, 0.1) is 11.6 Å². The van der Waals surface area contributed by atoms with Gasteiger partial charge in [-0.3, -0.25) is 4.79 Å². The first-order valence-corrected chi connectivity index (χ1v) is 9.95. The van der Waals surface area contributed by atoms with Crippen molar-refractivity contribution >= 4 is 17.4 Å². The third-order valence-electron chi connectivity index (χ3n) is 5.39. The average molecular weight is 415 g/mol. The molecule has 158 valence electrons. The number of aliphatic hydroxyl groups excluding tert-OH is 1. The van der Waals surface area contributed by atoms with Gasteiger partial charge in [0.15, 0.2) is 5.65 Å². The Morgan fingerprint density at radius 2 is 1.90 bits per heavy atom. The van der Waals surface area contributed by atoms with E-state index in [0.29, 0.717) is 35.4 Å². The Kier molecular flexibility index (Phi) is 5.63. The van der Waals surface area contributed by atoms with E-state index in [1.165, 1.54) is 22.8 Å². The first-order valence-electron chi connectivity index (χ1n) is 9.95. The number of anilines is 1. The lowest BCUT2D eigenvalue weighted by Crippen LogP contribution is -2.38. The lowest BCUT2D eigenvalue weighted by atomic mass is 9.93. The second-order valence-electron chi connectivity index (χ2n) is 7.69. The number of amides is 1. The number of hydrogen-bond donors (Lipinski definition) is 3. The summed E-state index contributed by atoms with van der Waals surface area (Å²) in [6.07, 6.45) is 5.64. The average Bonchev–Trinajstić information content (AvgIpc) is 3.12. The molecule has 2 heterocycles. The molecule has 0 radical (unpaired) electrons. The molecule has 0 bridgehead atoms. The molecule has 2 aromatic heterocycles. The highest BCUT2D eigenvalue weighted by atomic mass is 19.1. The predicted octanol–water partition coefficient (Wildman–Crippen LogP) is 3.21. The van der Waals surface area contributed by atoms with Crippen LogP contribution in [0.15, 0.2) is 36.7 Å². The van der Waals surface area contributed by atoms with Gasteiger partial charge in [0.1, 0.15) is 23.0 Å². The van der Waals surface area contributed by atoms with Crippen LogP contribution in [0.1, 0.15) is 54.6 Å². The van der Waals surface area contributed by atoms with E-state index in [1.807, 2.05) is 0 Å². The van der Waals surface area contributed by atoms with Crippen LogP contribution in [0.25, 0.3) is 5.65 Å². The molecule has 7 nitrogen and oxygen atoms in total. The van der Waals surface area contributed by atoms with Gasteiger partial charge >= 0.3 is 0 Å². The Bertz CT molecular complexity index is 1040. The molecule has 1 fully saturated rings. The van der Waals surface area contributed by atoms with Crippen molar-refractivity contribution in [2.24, 2.45) is 0 Å². The monoisotopic (exact) mass is 415 g/mol. The summed E-state index contributed by atoms with van der Waals surface area (Å²) >= 11 is 0. The Balaban J connectivity index is 1.51. The topological polar surface area (TPSA) is 91.5 Å². The number of nitrogens with zero attached hydrogens (tertiary/aromatic N) is 3. The van der Waals surface area contributed by atoms with Gasteiger partial charge in [0.05, 0.1) is 18.3 Å². The van der Waals surface area contributed by atoms with Crippen molar-refractivity contribution in [2.45, 2.75) is 50.8 Å². The lowest BCUT2D eigenvalue weighted by Gasteiger charge is -2.25. The summed E-state index contributed by atoms with van der Waals surface area (Å²) in [5.41, 5.74) is 1.17. The quantitative estimate of drug-likeness (QED) is 0.595. The van der Waals surface area contributed by atoms with Crippen LogP contribution >= 0.6 is 0 Å². The van der Waals surface area contributed by atoms with Crippen LogP contribution < -0.4 is 10.6 Å². The van der Waals surface area contributed by atoms with Crippen LogP contribution in [-0.2, 0) is 0 Å². The molecule has 1 atom stereocenters. The van der Waals surface area contributed by atoms with E-state index >= 15 is 0 Å². The molecule has 1 aromatic carbocycles. The molecule has 0 unspecified atom stereocenters. The first kappa shape index (κ1) is 20.2. The molecule has 1 amide bonds. The zero-order valence-corrected chi connectivity index (χ0v) is 16.5. The van der Waals surface area contributed by atoms with Gasteiger partial charge in [0.2, 0.25) is 0 Å². The number of aliphatic hydroxyl groups is 1. The van der Waals surface area contributed by atoms with Crippen molar-refractivity contribution in [3.05, 3.63) is 59.4 Å². The number of fused-ring (bicyclic) bond motifs is 1. The maximum absolute atomic E-state index is 13.5. The van der Waals surface area contributed by atoms with Gasteiger partial charge in [-0.25, -0.2) is 18.3 Å². The van der Waals surface area contributed by atoms with E-state index in [4.69, 9.17) is 0 Å². The first-order chi connectivity index (χ1) is 14.4. The molecular formula is C21H23F2N5O2. The van der Waals surface area contributed by atoms with Crippen molar-refractivity contribution in [2.75, 3.05) is 5.32 Å². The van der Waals surface area contributed by atoms with E-state index in [0.717, 1.165) is 18.9 Å². The van der Waals surface area contributed by atoms with Crippen LogP contribution in [-0.4, -0.2) is 37.8 Å². The van der Waals surface area contributed by atoms with Gasteiger partial charge in [-0.2, -0.15) is 5.10 Å². The number of rotatable bonds is 5. The Morgan fingerprint density at radius 1 is 1.20 bits per heavy atom. The minimum absolute atomic E-state index is 0.0139. The molecule has 0 spiro atoms. The highest BCUT2D eigenvalue weighted by Crippen LogP contribution is 2.22. The second-order valence-corrected chi connectivity index (χ2v) is 7.69. The standard InChI is InChI=1S/C21H23F2N5O2/c1-12(13-8-14(22)10-15(23)9-13)25-19-6-7-28-20(27-19)18(11-24-28)21(30)26-16-2-4-17(29)5-3-16/h6-12,16-17,29H,2-5H2,1H3,(H,25,27)(H,26,30)/t12-,16-,17-/m1/s1. The number of hydrogen-bond acceptors (Lipinski definition) is 5. The largest absolute Gasteiger partial charge is 0.393 e. The third-order valence-corrected chi connectivity index (χ3v) is 5.39. The molecule has 30 heavy (non-hydrogen) atoms. The molecule has 1 aliphatic carbocycles. The van der Waals surface area contributed by atoms with Crippen molar-refractivity contribution in [3.8, 4) is 0 Å². The zero-order chi connectivity index (χ0) is 21.3. The molecule has 0 aliphatic heterocycles. The summed E-state index contributed by atoms with van der Waals surface area (Å²) in [6, 6.07) is 4.64. The maximum atomic E-state index is 13.5. The summed E-state index contributed by atoms with van der Waals surface area (Å²) in [6.45, 7) is 1.77. The Labute approximate surface area is 172 Å². The third kappa shape index (κ3) is 4.40. The van der Waals surface area contributed by atoms with Gasteiger partial charge in [0.25, 0.3) is 5.91 Å². The molecule has 3 aromatic rings. The van der Waals surface area contributed by atoms with Crippen molar-refractivity contribution < 1.29 is 18.7 Å². The lowest BCUT2D eigenvalue weighted by molar-refractivity contribution is 0.0869. The van der Waals surface area contributed by atoms with Crippen molar-refractivity contribution in [1.29, 1.82) is 0 Å². The molecule has 9 heteroatoms. The van der Waals surface area contributed by atoms with E-state index in [1.54, 1.807) is 19.2 Å². The summed E-state index contributed by atoms with van der Waals surface area (Å²) < 4.78 is 28.5. The second kappa shape index (κ2) is 8.35. The van der Waals surface area contributed by atoms with Gasteiger partial charge in [0, 0.05) is 18.3 Å². The van der Waals surface area contributed by atoms with E-state index in [2.05, 4.69) is 20.7 Å². The van der Waals surface area contributed by atoms with Crippen LogP contribution in [0.5, 0.6) is 0 Å². The number of benzene rings is 1. The Morgan fingerprint density at radius 3 is 2.60 bits per heavy atom. The van der Waals surface area contributed by atoms with Gasteiger partial charge in [-0.1, -0.05) is 0 Å². The van der Waals surface area contributed by atoms with E-state index in [-0.39, 0.29) is 18.1 Å². The fraction of sp³-hybridized carbons (Fsp3) is 0.381. The number of halogens is 2. The minimum atomic E-state index is -0.646. The summed E-state index contributed by atoms with van der Waals surface area (Å²) in [5.74, 6) is -1.11. The number of nitrogens with one attached hydrogen (secondary N) is 2. The number of carbonyl (C=O) groups excluding carboxylic acids is 1. The van der Waals surface area contributed by atoms with Gasteiger partial charge in [-0.15, -0.1) is 0 Å². The summed E-state index contributed by atoms with van der Waals surface area (Å²) in [4.78, 5) is 17.2. The Hall–Kier alpha value is -3.07. The molecular weight excluding hydrogens is 392 g/mol. The maximum Gasteiger partial charge on any atom is 0.256 e.